The molecular formula is C8H15NO2. The number of carboxylic acids is 1. The Hall–Kier alpha value is -0.570. The van der Waals surface area contributed by atoms with E-state index >= 15 is 0 Å². The average molecular weight is 157 g/mol. The molecule has 0 aromatic heterocycles. The smallest absolute Gasteiger partial charge is 0.129 e. The normalized spacial score (nSPS) is 29.8. The van der Waals surface area contributed by atoms with Gasteiger partial charge in [-0.1, -0.05) is 0 Å². The third-order valence-corrected chi connectivity index (χ3v) is 2.58. The molecule has 1 rings (SSSR count). The molecule has 0 radical (unpaired) electrons. The van der Waals surface area contributed by atoms with Gasteiger partial charge >= 0.3 is 0 Å². The van der Waals surface area contributed by atoms with Crippen molar-refractivity contribution in [2.45, 2.75) is 25.3 Å². The summed E-state index contributed by atoms with van der Waals surface area (Å²) < 4.78 is 0.586. The van der Waals surface area contributed by atoms with E-state index in [0.717, 1.165) is 25.8 Å². The number of hydrogen-bond acceptors (Lipinski definition) is 2. The Labute approximate surface area is 67.2 Å². The Bertz CT molecular complexity index is 165. The van der Waals surface area contributed by atoms with Gasteiger partial charge in [0.2, 0.25) is 0 Å². The van der Waals surface area contributed by atoms with Gasteiger partial charge in [-0.25, -0.2) is 0 Å². The first-order chi connectivity index (χ1) is 5.04. The van der Waals surface area contributed by atoms with Crippen LogP contribution in [0.15, 0.2) is 0 Å². The summed E-state index contributed by atoms with van der Waals surface area (Å²) in [4.78, 5) is 10.6. The SMILES string of the molecule is C[N+]1(C)CCCC[C@@H]1C(=O)[O-]. The maximum absolute atomic E-state index is 10.6. The molecule has 1 aliphatic rings. The fourth-order valence-electron chi connectivity index (χ4n) is 1.77. The highest BCUT2D eigenvalue weighted by atomic mass is 16.4. The summed E-state index contributed by atoms with van der Waals surface area (Å²) in [5.41, 5.74) is 0. The van der Waals surface area contributed by atoms with E-state index in [1.54, 1.807) is 0 Å². The van der Waals surface area contributed by atoms with Crippen LogP contribution in [-0.4, -0.2) is 37.1 Å². The van der Waals surface area contributed by atoms with Crippen molar-refractivity contribution in [3.05, 3.63) is 0 Å². The number of carboxylic acid groups (broad SMARTS) is 1. The summed E-state index contributed by atoms with van der Waals surface area (Å²) in [6, 6.07) is -0.288. The Morgan fingerprint density at radius 1 is 1.45 bits per heavy atom. The van der Waals surface area contributed by atoms with Crippen molar-refractivity contribution in [3.63, 3.8) is 0 Å². The minimum absolute atomic E-state index is 0.288. The third kappa shape index (κ3) is 1.71. The number of quaternary nitrogens is 1. The molecule has 3 nitrogen and oxygen atoms in total. The highest BCUT2D eigenvalue weighted by Crippen LogP contribution is 2.20. The lowest BCUT2D eigenvalue weighted by Gasteiger charge is -2.41. The average Bonchev–Trinajstić information content (AvgIpc) is 1.85. The standard InChI is InChI=1S/C8H15NO2/c1-9(2)6-4-3-5-7(9)8(10)11/h7H,3-6H2,1-2H3/t7-/m1/s1. The van der Waals surface area contributed by atoms with E-state index in [1.165, 1.54) is 0 Å². The Balaban J connectivity index is 2.67. The van der Waals surface area contributed by atoms with Crippen LogP contribution in [-0.2, 0) is 4.79 Å². The highest BCUT2D eigenvalue weighted by molar-refractivity contribution is 5.69. The summed E-state index contributed by atoms with van der Waals surface area (Å²) in [7, 11) is 3.92. The quantitative estimate of drug-likeness (QED) is 0.475. The Morgan fingerprint density at radius 2 is 2.09 bits per heavy atom. The van der Waals surface area contributed by atoms with E-state index in [2.05, 4.69) is 0 Å². The molecule has 0 spiro atoms. The third-order valence-electron chi connectivity index (χ3n) is 2.58. The van der Waals surface area contributed by atoms with Crippen LogP contribution in [0, 0.1) is 0 Å². The maximum atomic E-state index is 10.6. The van der Waals surface area contributed by atoms with Crippen molar-refractivity contribution >= 4 is 5.97 Å². The highest BCUT2D eigenvalue weighted by Gasteiger charge is 2.31. The molecule has 1 aliphatic heterocycles. The maximum Gasteiger partial charge on any atom is 0.129 e. The minimum atomic E-state index is -0.894. The topological polar surface area (TPSA) is 40.1 Å². The molecule has 11 heavy (non-hydrogen) atoms. The van der Waals surface area contributed by atoms with E-state index in [1.807, 2.05) is 14.1 Å². The zero-order chi connectivity index (χ0) is 8.48. The van der Waals surface area contributed by atoms with Gasteiger partial charge in [-0.15, -0.1) is 0 Å². The van der Waals surface area contributed by atoms with Crippen LogP contribution >= 0.6 is 0 Å². The van der Waals surface area contributed by atoms with Crippen molar-refractivity contribution in [2.75, 3.05) is 20.6 Å². The molecule has 0 N–H and O–H groups in total. The molecular weight excluding hydrogens is 142 g/mol. The van der Waals surface area contributed by atoms with Crippen LogP contribution < -0.4 is 5.11 Å². The lowest BCUT2D eigenvalue weighted by molar-refractivity contribution is -0.913. The monoisotopic (exact) mass is 157 g/mol. The lowest BCUT2D eigenvalue weighted by Crippen LogP contribution is -2.59. The van der Waals surface area contributed by atoms with Crippen LogP contribution in [0.2, 0.25) is 0 Å². The molecule has 64 valence electrons. The molecule has 0 amide bonds. The second kappa shape index (κ2) is 2.81. The zero-order valence-electron chi connectivity index (χ0n) is 7.17. The van der Waals surface area contributed by atoms with Gasteiger partial charge in [0.05, 0.1) is 26.6 Å². The molecule has 0 unspecified atom stereocenters. The lowest BCUT2D eigenvalue weighted by atomic mass is 10.0. The molecule has 0 aliphatic carbocycles. The first-order valence-electron chi connectivity index (χ1n) is 4.07. The minimum Gasteiger partial charge on any atom is -0.544 e. The second-order valence-corrected chi connectivity index (χ2v) is 3.83. The Morgan fingerprint density at radius 3 is 2.45 bits per heavy atom. The summed E-state index contributed by atoms with van der Waals surface area (Å²) >= 11 is 0. The van der Waals surface area contributed by atoms with Crippen LogP contribution in [0.3, 0.4) is 0 Å². The van der Waals surface area contributed by atoms with Crippen LogP contribution in [0.25, 0.3) is 0 Å². The molecule has 3 heteroatoms. The number of nitrogens with zero attached hydrogens (tertiary/aromatic N) is 1. The van der Waals surface area contributed by atoms with Gasteiger partial charge in [0.15, 0.2) is 0 Å². The first kappa shape index (κ1) is 8.53. The molecule has 1 atom stereocenters. The predicted octanol–water partition coefficient (Wildman–Crippen LogP) is -0.635. The van der Waals surface area contributed by atoms with Gasteiger partial charge < -0.3 is 14.4 Å². The number of likely N-dealkylation sites (N-methyl/N-ethyl adjacent to an activating group) is 1. The van der Waals surface area contributed by atoms with Crippen molar-refractivity contribution < 1.29 is 14.4 Å². The van der Waals surface area contributed by atoms with Crippen molar-refractivity contribution in [1.82, 2.24) is 0 Å². The molecule has 0 aromatic carbocycles. The number of carbonyl (C=O) groups is 1. The van der Waals surface area contributed by atoms with Gasteiger partial charge in [0, 0.05) is 6.42 Å². The van der Waals surface area contributed by atoms with Crippen molar-refractivity contribution in [3.8, 4) is 0 Å². The second-order valence-electron chi connectivity index (χ2n) is 3.83. The van der Waals surface area contributed by atoms with Crippen LogP contribution in [0.1, 0.15) is 19.3 Å². The van der Waals surface area contributed by atoms with Crippen LogP contribution in [0.4, 0.5) is 0 Å². The van der Waals surface area contributed by atoms with E-state index in [0.29, 0.717) is 4.48 Å². The van der Waals surface area contributed by atoms with E-state index in [9.17, 15) is 9.90 Å². The molecule has 1 saturated heterocycles. The van der Waals surface area contributed by atoms with Gasteiger partial charge in [-0.2, -0.15) is 0 Å². The predicted molar refractivity (Wildman–Crippen MR) is 39.6 cm³/mol. The molecule has 0 saturated carbocycles. The number of aliphatic carboxylic acids is 1. The largest absolute Gasteiger partial charge is 0.544 e. The van der Waals surface area contributed by atoms with Crippen molar-refractivity contribution in [1.29, 1.82) is 0 Å². The summed E-state index contributed by atoms with van der Waals surface area (Å²) in [6.07, 6.45) is 2.94. The van der Waals surface area contributed by atoms with E-state index in [4.69, 9.17) is 0 Å². The van der Waals surface area contributed by atoms with Gasteiger partial charge in [-0.05, 0) is 12.8 Å². The molecule has 1 heterocycles. The number of hydrogen-bond donors (Lipinski definition) is 0. The van der Waals surface area contributed by atoms with E-state index < -0.39 is 5.97 Å². The molecule has 1 fully saturated rings. The summed E-state index contributed by atoms with van der Waals surface area (Å²) in [6.45, 7) is 0.957. The van der Waals surface area contributed by atoms with E-state index in [-0.39, 0.29) is 6.04 Å². The fourth-order valence-corrected chi connectivity index (χ4v) is 1.77. The fraction of sp³-hybridized carbons (Fsp3) is 0.875. The summed E-state index contributed by atoms with van der Waals surface area (Å²) in [5.74, 6) is -0.894. The number of rotatable bonds is 1. The molecule has 0 aromatic rings. The summed E-state index contributed by atoms with van der Waals surface area (Å²) in [5, 5.41) is 10.6. The molecule has 0 bridgehead atoms. The van der Waals surface area contributed by atoms with Gasteiger partial charge in [0.25, 0.3) is 0 Å². The van der Waals surface area contributed by atoms with Gasteiger partial charge in [-0.3, -0.25) is 0 Å². The number of carbonyl (C=O) groups excluding carboxylic acids is 1. The Kier molecular flexibility index (Phi) is 2.18. The number of piperidine rings is 1. The van der Waals surface area contributed by atoms with Crippen molar-refractivity contribution in [2.24, 2.45) is 0 Å². The van der Waals surface area contributed by atoms with Crippen LogP contribution in [0.5, 0.6) is 0 Å². The zero-order valence-corrected chi connectivity index (χ0v) is 7.17. The first-order valence-corrected chi connectivity index (χ1v) is 4.07. The number of likely N-dealkylation sites (tertiary alicyclic amines) is 1. The van der Waals surface area contributed by atoms with Gasteiger partial charge in [0.1, 0.15) is 6.04 Å².